The fraction of sp³-hybridized carbons (Fsp3) is 0.500. The zero-order valence-electron chi connectivity index (χ0n) is 16.8. The Bertz CT molecular complexity index is 708. The fourth-order valence-electron chi connectivity index (χ4n) is 2.90. The molecule has 26 heavy (non-hydrogen) atoms. The molecule has 0 radical (unpaired) electrons. The summed E-state index contributed by atoms with van der Waals surface area (Å²) in [6.45, 7) is 15.4. The van der Waals surface area contributed by atoms with Crippen LogP contribution in [0.25, 0.3) is 0 Å². The molecule has 0 saturated heterocycles. The first-order valence-electron chi connectivity index (χ1n) is 9.00. The normalized spacial score (nSPS) is 20.5. The maximum atomic E-state index is 13.0. The summed E-state index contributed by atoms with van der Waals surface area (Å²) in [4.78, 5) is 13.0. The lowest BCUT2D eigenvalue weighted by Crippen LogP contribution is -2.45. The number of ketones is 1. The smallest absolute Gasteiger partial charge is 0.206 e. The quantitative estimate of drug-likeness (QED) is 0.543. The van der Waals surface area contributed by atoms with Crippen molar-refractivity contribution in [2.24, 2.45) is 5.92 Å². The Labute approximate surface area is 156 Å². The molecule has 3 N–H and O–H groups in total. The van der Waals surface area contributed by atoms with Gasteiger partial charge in [-0.15, -0.1) is 0 Å². The maximum Gasteiger partial charge on any atom is 0.206 e. The standard InChI is InChI=1S/C22H32O4/c1-13(2)8-9-17-19(23)18(16(7)12-15(5)6)21(25)22(26,20(17)24)11-10-14(3)4/h8,10,15,23-24,26H,7,9,11-12H2,1-6H3/t22-/m0/s1. The number of allylic oxidation sites excluding steroid dienone is 5. The van der Waals surface area contributed by atoms with Gasteiger partial charge in [0.25, 0.3) is 0 Å². The molecule has 0 bridgehead atoms. The van der Waals surface area contributed by atoms with Crippen molar-refractivity contribution in [3.63, 3.8) is 0 Å². The highest BCUT2D eigenvalue weighted by atomic mass is 16.3. The average Bonchev–Trinajstić information content (AvgIpc) is 2.50. The number of carbonyl (C=O) groups excluding carboxylic acids is 1. The topological polar surface area (TPSA) is 77.8 Å². The molecule has 144 valence electrons. The number of aliphatic hydroxyl groups excluding tert-OH is 2. The summed E-state index contributed by atoms with van der Waals surface area (Å²) in [6, 6.07) is 0. The van der Waals surface area contributed by atoms with Crippen LogP contribution in [0.2, 0.25) is 0 Å². The highest BCUT2D eigenvalue weighted by Gasteiger charge is 2.48. The van der Waals surface area contributed by atoms with Gasteiger partial charge in [-0.05, 0) is 52.0 Å². The fourth-order valence-corrected chi connectivity index (χ4v) is 2.90. The van der Waals surface area contributed by atoms with Gasteiger partial charge in [0, 0.05) is 12.0 Å². The van der Waals surface area contributed by atoms with Crippen LogP contribution in [-0.4, -0.2) is 26.7 Å². The Morgan fingerprint density at radius 3 is 2.12 bits per heavy atom. The van der Waals surface area contributed by atoms with Crippen molar-refractivity contribution in [3.8, 4) is 0 Å². The van der Waals surface area contributed by atoms with Crippen LogP contribution in [-0.2, 0) is 4.79 Å². The van der Waals surface area contributed by atoms with Crippen LogP contribution in [0.1, 0.15) is 60.8 Å². The van der Waals surface area contributed by atoms with Crippen LogP contribution >= 0.6 is 0 Å². The van der Waals surface area contributed by atoms with E-state index in [4.69, 9.17) is 0 Å². The van der Waals surface area contributed by atoms with Gasteiger partial charge in [-0.2, -0.15) is 0 Å². The first-order valence-corrected chi connectivity index (χ1v) is 9.00. The largest absolute Gasteiger partial charge is 0.508 e. The number of aliphatic hydroxyl groups is 3. The summed E-state index contributed by atoms with van der Waals surface area (Å²) in [5, 5.41) is 32.4. The third-order valence-electron chi connectivity index (χ3n) is 4.33. The second-order valence-corrected chi connectivity index (χ2v) is 7.91. The molecule has 1 rings (SSSR count). The van der Waals surface area contributed by atoms with Gasteiger partial charge in [0.2, 0.25) is 5.78 Å². The summed E-state index contributed by atoms with van der Waals surface area (Å²) in [6.07, 6.45) is 4.23. The highest BCUT2D eigenvalue weighted by Crippen LogP contribution is 2.40. The van der Waals surface area contributed by atoms with Crippen LogP contribution in [0.3, 0.4) is 0 Å². The van der Waals surface area contributed by atoms with Gasteiger partial charge in [-0.25, -0.2) is 0 Å². The predicted octanol–water partition coefficient (Wildman–Crippen LogP) is 5.24. The summed E-state index contributed by atoms with van der Waals surface area (Å²) in [7, 11) is 0. The second-order valence-electron chi connectivity index (χ2n) is 7.91. The SMILES string of the molecule is C=C(CC(C)C)C1=C(O)C(CC=C(C)C)=C(O)[C@@](O)(CC=C(C)C)C1=O. The number of rotatable bonds is 7. The van der Waals surface area contributed by atoms with E-state index < -0.39 is 17.1 Å². The van der Waals surface area contributed by atoms with Crippen LogP contribution in [0, 0.1) is 5.92 Å². The van der Waals surface area contributed by atoms with Gasteiger partial charge in [-0.1, -0.05) is 43.7 Å². The molecule has 1 aliphatic rings. The van der Waals surface area contributed by atoms with Crippen LogP contribution in [0.15, 0.2) is 58.1 Å². The van der Waals surface area contributed by atoms with Crippen molar-refractivity contribution in [1.82, 2.24) is 0 Å². The zero-order valence-corrected chi connectivity index (χ0v) is 16.8. The minimum absolute atomic E-state index is 0.0262. The Balaban J connectivity index is 3.57. The first-order chi connectivity index (χ1) is 11.9. The molecule has 1 aliphatic carbocycles. The third kappa shape index (κ3) is 4.76. The Morgan fingerprint density at radius 1 is 1.12 bits per heavy atom. The lowest BCUT2D eigenvalue weighted by molar-refractivity contribution is -0.132. The molecule has 0 aromatic heterocycles. The molecule has 0 aliphatic heterocycles. The van der Waals surface area contributed by atoms with E-state index in [1.165, 1.54) is 0 Å². The number of hydrogen-bond acceptors (Lipinski definition) is 4. The number of hydrogen-bond donors (Lipinski definition) is 3. The zero-order chi connectivity index (χ0) is 20.2. The minimum atomic E-state index is -2.08. The molecule has 0 heterocycles. The second kappa shape index (κ2) is 8.54. The summed E-state index contributed by atoms with van der Waals surface area (Å²) >= 11 is 0. The molecule has 0 fully saturated rings. The van der Waals surface area contributed by atoms with Gasteiger partial charge in [0.15, 0.2) is 5.60 Å². The average molecular weight is 360 g/mol. The molecule has 0 aromatic rings. The van der Waals surface area contributed by atoms with E-state index in [9.17, 15) is 20.1 Å². The number of Topliss-reactive ketones (excluding diaryl/α,β-unsaturated/α-hetero) is 1. The molecular weight excluding hydrogens is 328 g/mol. The Kier molecular flexibility index (Phi) is 7.22. The maximum absolute atomic E-state index is 13.0. The van der Waals surface area contributed by atoms with Gasteiger partial charge >= 0.3 is 0 Å². The van der Waals surface area contributed by atoms with Crippen molar-refractivity contribution in [1.29, 1.82) is 0 Å². The van der Waals surface area contributed by atoms with E-state index in [-0.39, 0.29) is 35.7 Å². The Hall–Kier alpha value is -2.07. The van der Waals surface area contributed by atoms with Crippen molar-refractivity contribution in [2.75, 3.05) is 0 Å². The van der Waals surface area contributed by atoms with Crippen molar-refractivity contribution in [2.45, 2.75) is 66.4 Å². The molecule has 4 nitrogen and oxygen atoms in total. The third-order valence-corrected chi connectivity index (χ3v) is 4.33. The molecule has 0 amide bonds. The first kappa shape index (κ1) is 22.0. The lowest BCUT2D eigenvalue weighted by atomic mass is 9.76. The molecular formula is C22H32O4. The van der Waals surface area contributed by atoms with Crippen LogP contribution in [0.5, 0.6) is 0 Å². The molecule has 0 aromatic carbocycles. The van der Waals surface area contributed by atoms with Crippen molar-refractivity contribution >= 4 is 5.78 Å². The van der Waals surface area contributed by atoms with E-state index in [2.05, 4.69) is 6.58 Å². The highest BCUT2D eigenvalue weighted by molar-refractivity contribution is 6.09. The van der Waals surface area contributed by atoms with Gasteiger partial charge in [0.05, 0.1) is 5.57 Å². The van der Waals surface area contributed by atoms with Gasteiger partial charge in [-0.3, -0.25) is 4.79 Å². The molecule has 0 saturated carbocycles. The van der Waals surface area contributed by atoms with E-state index in [1.54, 1.807) is 6.08 Å². The molecule has 4 heteroatoms. The van der Waals surface area contributed by atoms with Crippen molar-refractivity contribution < 1.29 is 20.1 Å². The van der Waals surface area contributed by atoms with Gasteiger partial charge in [0.1, 0.15) is 11.5 Å². The summed E-state index contributed by atoms with van der Waals surface area (Å²) in [5.74, 6) is -1.22. The van der Waals surface area contributed by atoms with E-state index >= 15 is 0 Å². The van der Waals surface area contributed by atoms with Crippen LogP contribution in [0.4, 0.5) is 0 Å². The van der Waals surface area contributed by atoms with E-state index in [0.717, 1.165) is 11.1 Å². The summed E-state index contributed by atoms with van der Waals surface area (Å²) < 4.78 is 0. The van der Waals surface area contributed by atoms with E-state index in [0.29, 0.717) is 12.0 Å². The number of carbonyl (C=O) groups is 1. The predicted molar refractivity (Wildman–Crippen MR) is 106 cm³/mol. The molecule has 0 spiro atoms. The van der Waals surface area contributed by atoms with E-state index in [1.807, 2.05) is 47.6 Å². The molecule has 0 unspecified atom stereocenters. The van der Waals surface area contributed by atoms with Crippen molar-refractivity contribution in [3.05, 3.63) is 58.1 Å². The van der Waals surface area contributed by atoms with Crippen LogP contribution < -0.4 is 0 Å². The monoisotopic (exact) mass is 360 g/mol. The van der Waals surface area contributed by atoms with Gasteiger partial charge < -0.3 is 15.3 Å². The summed E-state index contributed by atoms with van der Waals surface area (Å²) in [5.41, 5.74) is 0.523. The Morgan fingerprint density at radius 2 is 1.65 bits per heavy atom. The lowest BCUT2D eigenvalue weighted by Gasteiger charge is -2.33. The molecule has 1 atom stereocenters. The minimum Gasteiger partial charge on any atom is -0.508 e.